The smallest absolute Gasteiger partial charge is 0.261 e. The molecule has 18 heavy (non-hydrogen) atoms. The van der Waals surface area contributed by atoms with Gasteiger partial charge in [-0.1, -0.05) is 22.9 Å². The molecular weight excluding hydrogens is 298 g/mol. The number of amides is 1. The Morgan fingerprint density at radius 3 is 2.56 bits per heavy atom. The van der Waals surface area contributed by atoms with E-state index in [1.165, 1.54) is 0 Å². The molecule has 100 valence electrons. The zero-order valence-electron chi connectivity index (χ0n) is 10.5. The quantitative estimate of drug-likeness (QED) is 0.845. The van der Waals surface area contributed by atoms with Crippen molar-refractivity contribution < 1.29 is 14.6 Å². The van der Waals surface area contributed by atoms with Crippen LogP contribution >= 0.6 is 15.9 Å². The van der Waals surface area contributed by atoms with Gasteiger partial charge in [-0.2, -0.15) is 0 Å². The number of hydrogen-bond acceptors (Lipinski definition) is 3. The van der Waals surface area contributed by atoms with Crippen LogP contribution < -0.4 is 10.1 Å². The zero-order valence-corrected chi connectivity index (χ0v) is 12.1. The number of nitrogens with one attached hydrogen (secondary N) is 1. The highest BCUT2D eigenvalue weighted by atomic mass is 79.9. The number of rotatable bonds is 6. The number of hydrogen-bond donors (Lipinski definition) is 2. The Morgan fingerprint density at radius 1 is 1.44 bits per heavy atom. The van der Waals surface area contributed by atoms with Gasteiger partial charge in [-0.05, 0) is 37.6 Å². The molecule has 1 amide bonds. The summed E-state index contributed by atoms with van der Waals surface area (Å²) in [6, 6.07) is 7.06. The molecule has 0 saturated heterocycles. The SMILES string of the molecule is CC[C@H](CO)NC(=O)C(C)Oc1ccc(Br)cc1. The fourth-order valence-corrected chi connectivity index (χ4v) is 1.63. The maximum Gasteiger partial charge on any atom is 0.261 e. The van der Waals surface area contributed by atoms with Gasteiger partial charge in [0.2, 0.25) is 0 Å². The molecule has 0 aliphatic rings. The number of carbonyl (C=O) groups is 1. The van der Waals surface area contributed by atoms with Gasteiger partial charge in [0.15, 0.2) is 6.10 Å². The largest absolute Gasteiger partial charge is 0.481 e. The molecular formula is C13H18BrNO3. The van der Waals surface area contributed by atoms with Crippen LogP contribution in [0.2, 0.25) is 0 Å². The van der Waals surface area contributed by atoms with Crippen LogP contribution in [-0.4, -0.2) is 29.8 Å². The van der Waals surface area contributed by atoms with Crippen LogP contribution in [0.1, 0.15) is 20.3 Å². The summed E-state index contributed by atoms with van der Waals surface area (Å²) < 4.78 is 6.46. The Labute approximate surface area is 115 Å². The molecule has 1 aromatic rings. The van der Waals surface area contributed by atoms with Crippen LogP contribution in [0.15, 0.2) is 28.7 Å². The second-order valence-electron chi connectivity index (χ2n) is 4.01. The van der Waals surface area contributed by atoms with Gasteiger partial charge in [-0.15, -0.1) is 0 Å². The number of aliphatic hydroxyl groups is 1. The molecule has 1 rings (SSSR count). The Balaban J connectivity index is 2.51. The van der Waals surface area contributed by atoms with E-state index in [4.69, 9.17) is 9.84 Å². The lowest BCUT2D eigenvalue weighted by Crippen LogP contribution is -2.43. The third kappa shape index (κ3) is 4.66. The molecule has 0 aliphatic carbocycles. The van der Waals surface area contributed by atoms with Crippen molar-refractivity contribution in [3.8, 4) is 5.75 Å². The van der Waals surface area contributed by atoms with E-state index >= 15 is 0 Å². The first-order chi connectivity index (χ1) is 8.56. The van der Waals surface area contributed by atoms with E-state index < -0.39 is 6.10 Å². The molecule has 1 aromatic carbocycles. The summed E-state index contributed by atoms with van der Waals surface area (Å²) in [6.07, 6.45) is 0.0968. The van der Waals surface area contributed by atoms with Gasteiger partial charge in [0.1, 0.15) is 5.75 Å². The van der Waals surface area contributed by atoms with Gasteiger partial charge in [-0.25, -0.2) is 0 Å². The molecule has 0 aliphatic heterocycles. The number of benzene rings is 1. The highest BCUT2D eigenvalue weighted by Gasteiger charge is 2.17. The molecule has 0 fully saturated rings. The van der Waals surface area contributed by atoms with Crippen LogP contribution in [0.3, 0.4) is 0 Å². The topological polar surface area (TPSA) is 58.6 Å². The van der Waals surface area contributed by atoms with Crippen LogP contribution in [0.25, 0.3) is 0 Å². The average molecular weight is 316 g/mol. The highest BCUT2D eigenvalue weighted by Crippen LogP contribution is 2.17. The van der Waals surface area contributed by atoms with Crippen molar-refractivity contribution in [1.29, 1.82) is 0 Å². The fourth-order valence-electron chi connectivity index (χ4n) is 1.37. The molecule has 0 aromatic heterocycles. The minimum absolute atomic E-state index is 0.0623. The van der Waals surface area contributed by atoms with E-state index in [1.54, 1.807) is 19.1 Å². The second-order valence-corrected chi connectivity index (χ2v) is 4.93. The van der Waals surface area contributed by atoms with Crippen LogP contribution in [0.5, 0.6) is 5.75 Å². The first-order valence-corrected chi connectivity index (χ1v) is 6.69. The summed E-state index contributed by atoms with van der Waals surface area (Å²) in [4.78, 5) is 11.8. The summed E-state index contributed by atoms with van der Waals surface area (Å²) >= 11 is 3.33. The van der Waals surface area contributed by atoms with Gasteiger partial charge >= 0.3 is 0 Å². The number of ether oxygens (including phenoxy) is 1. The number of carbonyl (C=O) groups excluding carboxylic acids is 1. The third-order valence-electron chi connectivity index (χ3n) is 2.56. The summed E-state index contributed by atoms with van der Waals surface area (Å²) in [5.74, 6) is 0.414. The Kier molecular flexibility index (Phi) is 6.15. The molecule has 4 nitrogen and oxygen atoms in total. The molecule has 1 unspecified atom stereocenters. The summed E-state index contributed by atoms with van der Waals surface area (Å²) in [5.41, 5.74) is 0. The molecule has 0 spiro atoms. The highest BCUT2D eigenvalue weighted by molar-refractivity contribution is 9.10. The van der Waals surface area contributed by atoms with Crippen molar-refractivity contribution in [2.45, 2.75) is 32.4 Å². The fraction of sp³-hybridized carbons (Fsp3) is 0.462. The van der Waals surface area contributed by atoms with Gasteiger partial charge in [0.05, 0.1) is 12.6 Å². The molecule has 0 saturated carbocycles. The molecule has 0 bridgehead atoms. The molecule has 0 heterocycles. The molecule has 0 radical (unpaired) electrons. The summed E-state index contributed by atoms with van der Waals surface area (Å²) in [6.45, 7) is 3.52. The van der Waals surface area contributed by atoms with E-state index in [2.05, 4.69) is 21.2 Å². The van der Waals surface area contributed by atoms with Gasteiger partial charge in [-0.3, -0.25) is 4.79 Å². The lowest BCUT2D eigenvalue weighted by molar-refractivity contribution is -0.128. The lowest BCUT2D eigenvalue weighted by atomic mass is 10.2. The predicted molar refractivity (Wildman–Crippen MR) is 73.5 cm³/mol. The second kappa shape index (κ2) is 7.38. The summed E-state index contributed by atoms with van der Waals surface area (Å²) in [5, 5.41) is 11.7. The third-order valence-corrected chi connectivity index (χ3v) is 3.08. The molecule has 2 atom stereocenters. The van der Waals surface area contributed by atoms with E-state index in [1.807, 2.05) is 19.1 Å². The van der Waals surface area contributed by atoms with E-state index in [9.17, 15) is 4.79 Å². The Hall–Kier alpha value is -1.07. The van der Waals surface area contributed by atoms with E-state index in [0.717, 1.165) is 4.47 Å². The van der Waals surface area contributed by atoms with Gasteiger partial charge in [0, 0.05) is 4.47 Å². The van der Waals surface area contributed by atoms with Crippen molar-refractivity contribution in [3.05, 3.63) is 28.7 Å². The number of halogens is 1. The van der Waals surface area contributed by atoms with Crippen molar-refractivity contribution in [3.63, 3.8) is 0 Å². The van der Waals surface area contributed by atoms with Gasteiger partial charge < -0.3 is 15.2 Å². The summed E-state index contributed by atoms with van der Waals surface area (Å²) in [7, 11) is 0. The van der Waals surface area contributed by atoms with E-state index in [0.29, 0.717) is 12.2 Å². The van der Waals surface area contributed by atoms with Crippen molar-refractivity contribution in [1.82, 2.24) is 5.32 Å². The maximum absolute atomic E-state index is 11.8. The Morgan fingerprint density at radius 2 is 2.06 bits per heavy atom. The van der Waals surface area contributed by atoms with E-state index in [-0.39, 0.29) is 18.6 Å². The van der Waals surface area contributed by atoms with Crippen LogP contribution in [0.4, 0.5) is 0 Å². The van der Waals surface area contributed by atoms with Crippen molar-refractivity contribution in [2.75, 3.05) is 6.61 Å². The lowest BCUT2D eigenvalue weighted by Gasteiger charge is -2.19. The first kappa shape index (κ1) is 15.0. The predicted octanol–water partition coefficient (Wildman–Crippen LogP) is 2.10. The Bertz CT molecular complexity index is 376. The van der Waals surface area contributed by atoms with Crippen LogP contribution in [-0.2, 0) is 4.79 Å². The standard InChI is InChI=1S/C13H18BrNO3/c1-3-11(8-16)15-13(17)9(2)18-12-6-4-10(14)5-7-12/h4-7,9,11,16H,3,8H2,1-2H3,(H,15,17)/t9?,11-/m1/s1. The minimum Gasteiger partial charge on any atom is -0.481 e. The molecule has 5 heteroatoms. The minimum atomic E-state index is -0.591. The van der Waals surface area contributed by atoms with Crippen molar-refractivity contribution >= 4 is 21.8 Å². The first-order valence-electron chi connectivity index (χ1n) is 5.90. The van der Waals surface area contributed by atoms with Crippen molar-refractivity contribution in [2.24, 2.45) is 0 Å². The van der Waals surface area contributed by atoms with Gasteiger partial charge in [0.25, 0.3) is 5.91 Å². The monoisotopic (exact) mass is 315 g/mol. The zero-order chi connectivity index (χ0) is 13.5. The normalized spacial score (nSPS) is 13.8. The average Bonchev–Trinajstić information content (AvgIpc) is 2.38. The maximum atomic E-state index is 11.8. The van der Waals surface area contributed by atoms with Crippen LogP contribution in [0, 0.1) is 0 Å². The molecule has 2 N–H and O–H groups in total. The number of aliphatic hydroxyl groups excluding tert-OH is 1.